The molecule has 16 heavy (non-hydrogen) atoms. The van der Waals surface area contributed by atoms with Gasteiger partial charge in [-0.2, -0.15) is 0 Å². The van der Waals surface area contributed by atoms with Crippen LogP contribution in [0.1, 0.15) is 37.1 Å². The van der Waals surface area contributed by atoms with Gasteiger partial charge in [-0.15, -0.1) is 11.3 Å². The Bertz CT molecular complexity index is 323. The zero-order valence-electron chi connectivity index (χ0n) is 10.2. The molecule has 1 aromatic heterocycles. The largest absolute Gasteiger partial charge is 0.378 e. The fraction of sp³-hybridized carbons (Fsp3) is 0.692. The highest BCUT2D eigenvalue weighted by Crippen LogP contribution is 2.19. The Labute approximate surface area is 102 Å². The maximum Gasteiger partial charge on any atom is 0.0561 e. The van der Waals surface area contributed by atoms with E-state index in [9.17, 15) is 0 Å². The van der Waals surface area contributed by atoms with Crippen LogP contribution in [0.25, 0.3) is 0 Å². The van der Waals surface area contributed by atoms with Crippen molar-refractivity contribution in [1.29, 1.82) is 0 Å². The second-order valence-electron chi connectivity index (χ2n) is 4.51. The smallest absolute Gasteiger partial charge is 0.0561 e. The quantitative estimate of drug-likeness (QED) is 0.872. The first-order valence-electron chi connectivity index (χ1n) is 6.19. The highest BCUT2D eigenvalue weighted by atomic mass is 32.1. The first kappa shape index (κ1) is 12.1. The Morgan fingerprint density at radius 3 is 3.19 bits per heavy atom. The van der Waals surface area contributed by atoms with Crippen LogP contribution in [0.4, 0.5) is 0 Å². The van der Waals surface area contributed by atoms with Gasteiger partial charge >= 0.3 is 0 Å². The van der Waals surface area contributed by atoms with E-state index in [1.165, 1.54) is 10.4 Å². The minimum absolute atomic E-state index is 0.417. The molecule has 0 spiro atoms. The molecule has 2 nitrogen and oxygen atoms in total. The summed E-state index contributed by atoms with van der Waals surface area (Å²) >= 11 is 1.87. The van der Waals surface area contributed by atoms with E-state index in [1.54, 1.807) is 0 Å². The van der Waals surface area contributed by atoms with Crippen molar-refractivity contribution in [2.45, 2.75) is 51.8 Å². The highest BCUT2D eigenvalue weighted by molar-refractivity contribution is 7.10. The van der Waals surface area contributed by atoms with Gasteiger partial charge in [0, 0.05) is 24.1 Å². The molecule has 3 heteroatoms. The van der Waals surface area contributed by atoms with Gasteiger partial charge in [0.25, 0.3) is 0 Å². The van der Waals surface area contributed by atoms with Crippen molar-refractivity contribution in [3.63, 3.8) is 0 Å². The zero-order chi connectivity index (χ0) is 11.4. The summed E-state index contributed by atoms with van der Waals surface area (Å²) in [7, 11) is 0. The highest BCUT2D eigenvalue weighted by Gasteiger charge is 2.18. The number of hydrogen-bond donors (Lipinski definition) is 1. The predicted molar refractivity (Wildman–Crippen MR) is 69.0 cm³/mol. The molecule has 1 aromatic rings. The normalized spacial score (nSPS) is 25.9. The van der Waals surface area contributed by atoms with E-state index >= 15 is 0 Å². The van der Waals surface area contributed by atoms with Crippen LogP contribution in [-0.2, 0) is 17.7 Å². The molecule has 2 atom stereocenters. The van der Waals surface area contributed by atoms with Crippen molar-refractivity contribution < 1.29 is 4.74 Å². The molecule has 0 amide bonds. The molecule has 0 bridgehead atoms. The fourth-order valence-electron chi connectivity index (χ4n) is 2.26. The number of ether oxygens (including phenoxy) is 1. The average Bonchev–Trinajstić information content (AvgIpc) is 2.74. The van der Waals surface area contributed by atoms with E-state index in [0.717, 1.165) is 32.4 Å². The Morgan fingerprint density at radius 1 is 1.56 bits per heavy atom. The summed E-state index contributed by atoms with van der Waals surface area (Å²) in [5.74, 6) is 0. The molecule has 2 rings (SSSR count). The summed E-state index contributed by atoms with van der Waals surface area (Å²) in [6, 6.07) is 2.88. The number of hydrogen-bond acceptors (Lipinski definition) is 3. The van der Waals surface area contributed by atoms with Gasteiger partial charge < -0.3 is 10.1 Å². The van der Waals surface area contributed by atoms with Gasteiger partial charge in [-0.25, -0.2) is 0 Å². The lowest BCUT2D eigenvalue weighted by Gasteiger charge is -2.28. The topological polar surface area (TPSA) is 21.3 Å². The summed E-state index contributed by atoms with van der Waals surface area (Å²) in [5, 5.41) is 5.86. The van der Waals surface area contributed by atoms with Gasteiger partial charge in [0.05, 0.1) is 6.10 Å². The van der Waals surface area contributed by atoms with E-state index in [4.69, 9.17) is 4.74 Å². The minimum atomic E-state index is 0.417. The Kier molecular flexibility index (Phi) is 4.38. The van der Waals surface area contributed by atoms with Gasteiger partial charge in [0.15, 0.2) is 0 Å². The Morgan fingerprint density at radius 2 is 2.44 bits per heavy atom. The van der Waals surface area contributed by atoms with Crippen molar-refractivity contribution >= 4 is 11.3 Å². The molecule has 0 aliphatic carbocycles. The minimum Gasteiger partial charge on any atom is -0.378 e. The molecule has 1 N–H and O–H groups in total. The molecule has 1 saturated heterocycles. The summed E-state index contributed by atoms with van der Waals surface area (Å²) in [6.07, 6.45) is 3.86. The first-order chi connectivity index (χ1) is 7.79. The lowest BCUT2D eigenvalue weighted by atomic mass is 10.0. The summed E-state index contributed by atoms with van der Waals surface area (Å²) < 4.78 is 5.55. The molecule has 0 saturated carbocycles. The summed E-state index contributed by atoms with van der Waals surface area (Å²) in [5.41, 5.74) is 1.50. The van der Waals surface area contributed by atoms with Crippen LogP contribution in [-0.4, -0.2) is 18.8 Å². The van der Waals surface area contributed by atoms with Gasteiger partial charge in [0.2, 0.25) is 0 Å². The summed E-state index contributed by atoms with van der Waals surface area (Å²) in [4.78, 5) is 1.50. The van der Waals surface area contributed by atoms with E-state index in [2.05, 4.69) is 30.6 Å². The third kappa shape index (κ3) is 3.06. The Balaban J connectivity index is 1.82. The number of thiophene rings is 1. The fourth-order valence-corrected chi connectivity index (χ4v) is 3.18. The predicted octanol–water partition coefficient (Wildman–Crippen LogP) is 2.97. The van der Waals surface area contributed by atoms with Crippen molar-refractivity contribution in [2.75, 3.05) is 6.61 Å². The van der Waals surface area contributed by atoms with Gasteiger partial charge in [-0.3, -0.25) is 0 Å². The molecule has 0 radical (unpaired) electrons. The van der Waals surface area contributed by atoms with Gasteiger partial charge in [-0.1, -0.05) is 6.92 Å². The van der Waals surface area contributed by atoms with Crippen molar-refractivity contribution in [2.24, 2.45) is 0 Å². The van der Waals surface area contributed by atoms with Gasteiger partial charge in [-0.05, 0) is 43.2 Å². The van der Waals surface area contributed by atoms with Crippen LogP contribution < -0.4 is 5.32 Å². The lowest BCUT2D eigenvalue weighted by molar-refractivity contribution is 0.0131. The van der Waals surface area contributed by atoms with E-state index in [-0.39, 0.29) is 0 Å². The second kappa shape index (κ2) is 5.80. The molecular weight excluding hydrogens is 218 g/mol. The third-order valence-corrected chi connectivity index (χ3v) is 4.22. The number of aryl methyl sites for hydroxylation is 1. The maximum absolute atomic E-state index is 5.55. The molecule has 0 aromatic carbocycles. The molecule has 2 unspecified atom stereocenters. The Hall–Kier alpha value is -0.380. The molecular formula is C13H21NOS. The summed E-state index contributed by atoms with van der Waals surface area (Å²) in [6.45, 7) is 6.32. The zero-order valence-corrected chi connectivity index (χ0v) is 11.0. The molecule has 1 aliphatic rings. The molecule has 1 aliphatic heterocycles. The van der Waals surface area contributed by atoms with Crippen LogP contribution in [0.5, 0.6) is 0 Å². The number of nitrogens with one attached hydrogen (secondary N) is 1. The van der Waals surface area contributed by atoms with Crippen LogP contribution in [0.2, 0.25) is 0 Å². The molecule has 1 fully saturated rings. The monoisotopic (exact) mass is 239 g/mol. The average molecular weight is 239 g/mol. The van der Waals surface area contributed by atoms with Crippen LogP contribution in [0.15, 0.2) is 11.4 Å². The van der Waals surface area contributed by atoms with Crippen LogP contribution >= 0.6 is 11.3 Å². The van der Waals surface area contributed by atoms with Crippen molar-refractivity contribution in [3.05, 3.63) is 21.9 Å². The molecule has 90 valence electrons. The van der Waals surface area contributed by atoms with Crippen molar-refractivity contribution in [3.8, 4) is 0 Å². The SMILES string of the molecule is CCc1ccsc1CNC1CCOC(C)C1. The van der Waals surface area contributed by atoms with E-state index in [1.807, 2.05) is 11.3 Å². The van der Waals surface area contributed by atoms with Gasteiger partial charge in [0.1, 0.15) is 0 Å². The second-order valence-corrected chi connectivity index (χ2v) is 5.51. The van der Waals surface area contributed by atoms with Crippen LogP contribution in [0, 0.1) is 0 Å². The van der Waals surface area contributed by atoms with Crippen LogP contribution in [0.3, 0.4) is 0 Å². The number of rotatable bonds is 4. The lowest BCUT2D eigenvalue weighted by Crippen LogP contribution is -2.37. The van der Waals surface area contributed by atoms with Crippen molar-refractivity contribution in [1.82, 2.24) is 5.32 Å². The van der Waals surface area contributed by atoms with E-state index in [0.29, 0.717) is 12.1 Å². The van der Waals surface area contributed by atoms with E-state index < -0.39 is 0 Å². The first-order valence-corrected chi connectivity index (χ1v) is 7.07. The molecule has 2 heterocycles. The maximum atomic E-state index is 5.55. The standard InChI is InChI=1S/C13H21NOS/c1-3-11-5-7-16-13(11)9-14-12-4-6-15-10(2)8-12/h5,7,10,12,14H,3-4,6,8-9H2,1-2H3. The third-order valence-electron chi connectivity index (χ3n) is 3.26.